The lowest BCUT2D eigenvalue weighted by Gasteiger charge is -2.18. The Kier molecular flexibility index (Phi) is 5.41. The maximum absolute atomic E-state index is 12.7. The van der Waals surface area contributed by atoms with Crippen LogP contribution in [0.1, 0.15) is 42.6 Å². The minimum absolute atomic E-state index is 0.0163. The Morgan fingerprint density at radius 1 is 1.30 bits per heavy atom. The molecule has 3 rings (SSSR count). The lowest BCUT2D eigenvalue weighted by atomic mass is 10.0. The van der Waals surface area contributed by atoms with E-state index in [-0.39, 0.29) is 22.2 Å². The summed E-state index contributed by atoms with van der Waals surface area (Å²) in [6.07, 6.45) is 0.614. The average molecular weight is 388 g/mol. The maximum atomic E-state index is 12.7. The topological polar surface area (TPSA) is 98.3 Å². The van der Waals surface area contributed by atoms with Gasteiger partial charge in [-0.1, -0.05) is 37.6 Å². The highest BCUT2D eigenvalue weighted by atomic mass is 35.5. The van der Waals surface area contributed by atoms with Crippen molar-refractivity contribution in [3.8, 4) is 0 Å². The summed E-state index contributed by atoms with van der Waals surface area (Å²) in [5.41, 5.74) is 1.34. The Morgan fingerprint density at radius 3 is 2.67 bits per heavy atom. The molecule has 0 bridgehead atoms. The fourth-order valence-corrected chi connectivity index (χ4v) is 3.03. The van der Waals surface area contributed by atoms with E-state index in [2.05, 4.69) is 10.3 Å². The number of para-hydroxylation sites is 2. The molecule has 0 aliphatic heterocycles. The Bertz CT molecular complexity index is 967. The Hall–Kier alpha value is -2.93. The summed E-state index contributed by atoms with van der Waals surface area (Å²) in [7, 11) is 0. The molecule has 0 unspecified atom stereocenters. The van der Waals surface area contributed by atoms with Gasteiger partial charge in [0.2, 0.25) is 5.89 Å². The Labute approximate surface area is 160 Å². The molecule has 0 spiro atoms. The molecule has 7 nitrogen and oxygen atoms in total. The number of hydrogen-bond acceptors (Lipinski definition) is 5. The fourth-order valence-electron chi connectivity index (χ4n) is 2.77. The third-order valence-corrected chi connectivity index (χ3v) is 4.34. The van der Waals surface area contributed by atoms with Crippen LogP contribution in [-0.2, 0) is 0 Å². The van der Waals surface area contributed by atoms with E-state index in [9.17, 15) is 14.9 Å². The standard InChI is InChI=1S/C19H18ClN3O4/c1-11(2)9-16(19-22-15-5-3-4-6-17(15)27-19)21-18(24)13-8-7-12(23(25)26)10-14(13)20/h3-8,10-11,16H,9H2,1-2H3,(H,21,24)/t16-/m1/s1. The summed E-state index contributed by atoms with van der Waals surface area (Å²) in [6, 6.07) is 10.7. The van der Waals surface area contributed by atoms with Crippen LogP contribution in [0.4, 0.5) is 5.69 Å². The molecule has 2 aromatic carbocycles. The number of rotatable bonds is 6. The van der Waals surface area contributed by atoms with Crippen LogP contribution >= 0.6 is 11.6 Å². The number of nitro groups is 1. The Balaban J connectivity index is 1.88. The normalized spacial score (nSPS) is 12.3. The number of hydrogen-bond donors (Lipinski definition) is 1. The monoisotopic (exact) mass is 387 g/mol. The summed E-state index contributed by atoms with van der Waals surface area (Å²) < 4.78 is 5.80. The second-order valence-electron chi connectivity index (χ2n) is 6.60. The van der Waals surface area contributed by atoms with E-state index in [1.54, 1.807) is 0 Å². The highest BCUT2D eigenvalue weighted by Crippen LogP contribution is 2.27. The number of non-ortho nitro benzene ring substituents is 1. The van der Waals surface area contributed by atoms with Gasteiger partial charge in [0.15, 0.2) is 5.58 Å². The lowest BCUT2D eigenvalue weighted by Crippen LogP contribution is -2.30. The smallest absolute Gasteiger partial charge is 0.270 e. The number of aromatic nitrogens is 1. The van der Waals surface area contributed by atoms with Gasteiger partial charge in [0.05, 0.1) is 15.5 Å². The van der Waals surface area contributed by atoms with E-state index < -0.39 is 16.9 Å². The fraction of sp³-hybridized carbons (Fsp3) is 0.263. The van der Waals surface area contributed by atoms with Crippen molar-refractivity contribution in [3.05, 3.63) is 69.1 Å². The van der Waals surface area contributed by atoms with Crippen LogP contribution in [-0.4, -0.2) is 15.8 Å². The van der Waals surface area contributed by atoms with Gasteiger partial charge in [-0.15, -0.1) is 0 Å². The SMILES string of the molecule is CC(C)C[C@@H](NC(=O)c1ccc([N+](=O)[O-])cc1Cl)c1nc2ccccc2o1. The molecule has 1 amide bonds. The highest BCUT2D eigenvalue weighted by molar-refractivity contribution is 6.34. The zero-order valence-electron chi connectivity index (χ0n) is 14.8. The number of fused-ring (bicyclic) bond motifs is 1. The van der Waals surface area contributed by atoms with Gasteiger partial charge in [-0.05, 0) is 30.5 Å². The van der Waals surface area contributed by atoms with Crippen molar-refractivity contribution in [1.29, 1.82) is 0 Å². The molecule has 27 heavy (non-hydrogen) atoms. The van der Waals surface area contributed by atoms with E-state index in [1.807, 2.05) is 38.1 Å². The summed E-state index contributed by atoms with van der Waals surface area (Å²) in [5.74, 6) is 0.247. The first-order valence-corrected chi connectivity index (χ1v) is 8.83. The van der Waals surface area contributed by atoms with Crippen LogP contribution in [0.2, 0.25) is 5.02 Å². The lowest BCUT2D eigenvalue weighted by molar-refractivity contribution is -0.384. The number of halogens is 1. The number of nitrogens with zero attached hydrogens (tertiary/aromatic N) is 2. The van der Waals surface area contributed by atoms with E-state index in [0.717, 1.165) is 6.07 Å². The molecular weight excluding hydrogens is 370 g/mol. The van der Waals surface area contributed by atoms with Gasteiger partial charge in [0, 0.05) is 12.1 Å². The molecule has 0 saturated heterocycles. The van der Waals surface area contributed by atoms with E-state index in [4.69, 9.17) is 16.0 Å². The number of oxazole rings is 1. The molecule has 1 atom stereocenters. The minimum Gasteiger partial charge on any atom is -0.438 e. The maximum Gasteiger partial charge on any atom is 0.270 e. The van der Waals surface area contributed by atoms with Gasteiger partial charge in [-0.2, -0.15) is 0 Å². The molecule has 0 radical (unpaired) electrons. The van der Waals surface area contributed by atoms with Gasteiger partial charge in [-0.25, -0.2) is 4.98 Å². The van der Waals surface area contributed by atoms with E-state index in [0.29, 0.717) is 23.4 Å². The molecular formula is C19H18ClN3O4. The van der Waals surface area contributed by atoms with Crippen LogP contribution in [0.3, 0.4) is 0 Å². The van der Waals surface area contributed by atoms with E-state index >= 15 is 0 Å². The number of carbonyl (C=O) groups excluding carboxylic acids is 1. The van der Waals surface area contributed by atoms with Gasteiger partial charge in [0.25, 0.3) is 11.6 Å². The third-order valence-electron chi connectivity index (χ3n) is 4.03. The van der Waals surface area contributed by atoms with Crippen molar-refractivity contribution in [2.45, 2.75) is 26.3 Å². The van der Waals surface area contributed by atoms with Crippen molar-refractivity contribution in [3.63, 3.8) is 0 Å². The van der Waals surface area contributed by atoms with Crippen LogP contribution in [0, 0.1) is 16.0 Å². The molecule has 0 aliphatic carbocycles. The van der Waals surface area contributed by atoms with Gasteiger partial charge in [0.1, 0.15) is 11.6 Å². The Morgan fingerprint density at radius 2 is 2.04 bits per heavy atom. The van der Waals surface area contributed by atoms with Crippen LogP contribution in [0.5, 0.6) is 0 Å². The number of nitro benzene ring substituents is 1. The van der Waals surface area contributed by atoms with Crippen molar-refractivity contribution in [2.24, 2.45) is 5.92 Å². The first-order chi connectivity index (χ1) is 12.8. The van der Waals surface area contributed by atoms with Crippen molar-refractivity contribution in [2.75, 3.05) is 0 Å². The summed E-state index contributed by atoms with van der Waals surface area (Å²) in [4.78, 5) is 27.4. The summed E-state index contributed by atoms with van der Waals surface area (Å²) in [5, 5.41) is 13.7. The average Bonchev–Trinajstić information content (AvgIpc) is 3.04. The second-order valence-corrected chi connectivity index (χ2v) is 7.00. The zero-order chi connectivity index (χ0) is 19.6. The first kappa shape index (κ1) is 18.8. The number of amides is 1. The van der Waals surface area contributed by atoms with Crippen molar-refractivity contribution in [1.82, 2.24) is 10.3 Å². The van der Waals surface area contributed by atoms with Crippen molar-refractivity contribution < 1.29 is 14.1 Å². The molecule has 1 N–H and O–H groups in total. The third kappa shape index (κ3) is 4.25. The number of carbonyl (C=O) groups is 1. The molecule has 0 aliphatic rings. The van der Waals surface area contributed by atoms with Gasteiger partial charge >= 0.3 is 0 Å². The number of nitrogens with one attached hydrogen (secondary N) is 1. The van der Waals surface area contributed by atoms with Crippen molar-refractivity contribution >= 4 is 34.3 Å². The predicted octanol–water partition coefficient (Wildman–Crippen LogP) is 4.91. The minimum atomic E-state index is -0.562. The predicted molar refractivity (Wildman–Crippen MR) is 102 cm³/mol. The van der Waals surface area contributed by atoms with Crippen LogP contribution in [0.25, 0.3) is 11.1 Å². The van der Waals surface area contributed by atoms with Crippen LogP contribution in [0.15, 0.2) is 46.9 Å². The van der Waals surface area contributed by atoms with Gasteiger partial charge in [-0.3, -0.25) is 14.9 Å². The van der Waals surface area contributed by atoms with Crippen LogP contribution < -0.4 is 5.32 Å². The molecule has 8 heteroatoms. The number of benzene rings is 2. The second kappa shape index (κ2) is 7.75. The first-order valence-electron chi connectivity index (χ1n) is 8.45. The van der Waals surface area contributed by atoms with Gasteiger partial charge < -0.3 is 9.73 Å². The highest BCUT2D eigenvalue weighted by Gasteiger charge is 2.24. The zero-order valence-corrected chi connectivity index (χ0v) is 15.6. The molecule has 1 aromatic heterocycles. The quantitative estimate of drug-likeness (QED) is 0.478. The summed E-state index contributed by atoms with van der Waals surface area (Å²) in [6.45, 7) is 4.06. The molecule has 1 heterocycles. The molecule has 3 aromatic rings. The van der Waals surface area contributed by atoms with E-state index in [1.165, 1.54) is 12.1 Å². The molecule has 140 valence electrons. The largest absolute Gasteiger partial charge is 0.438 e. The summed E-state index contributed by atoms with van der Waals surface area (Å²) >= 11 is 6.06. The molecule has 0 fully saturated rings. The molecule has 0 saturated carbocycles.